The van der Waals surface area contributed by atoms with Crippen LogP contribution in [0.25, 0.3) is 5.57 Å². The second kappa shape index (κ2) is 19.3. The Labute approximate surface area is 245 Å². The number of nitrogens with two attached hydrogens (primary N) is 1. The van der Waals surface area contributed by atoms with E-state index in [1.807, 2.05) is 61.5 Å². The van der Waals surface area contributed by atoms with Crippen LogP contribution in [0.4, 0.5) is 5.69 Å². The average molecular weight is 562 g/mol. The maximum absolute atomic E-state index is 9.95. The summed E-state index contributed by atoms with van der Waals surface area (Å²) in [5.41, 5.74) is 12.6. The van der Waals surface area contributed by atoms with Crippen LogP contribution in [0.1, 0.15) is 79.1 Å². The summed E-state index contributed by atoms with van der Waals surface area (Å²) in [6, 6.07) is 21.8. The molecule has 214 valence electrons. The van der Waals surface area contributed by atoms with E-state index in [4.69, 9.17) is 22.1 Å². The molecule has 0 saturated carbocycles. The van der Waals surface area contributed by atoms with Crippen molar-refractivity contribution in [3.05, 3.63) is 118 Å². The Balaban J connectivity index is 0.000000315. The first-order chi connectivity index (χ1) is 19.1. The predicted octanol–water partition coefficient (Wildman–Crippen LogP) is 9.43. The van der Waals surface area contributed by atoms with E-state index in [9.17, 15) is 4.79 Å². The number of aromatic amines is 1. The zero-order chi connectivity index (χ0) is 29.9. The van der Waals surface area contributed by atoms with Crippen LogP contribution in [0.3, 0.4) is 0 Å². The van der Waals surface area contributed by atoms with Crippen molar-refractivity contribution in [3.63, 3.8) is 0 Å². The Kier molecular flexibility index (Phi) is 16.5. The van der Waals surface area contributed by atoms with Crippen LogP contribution >= 0.6 is 11.6 Å². The van der Waals surface area contributed by atoms with Crippen LogP contribution < -0.4 is 10.5 Å². The van der Waals surface area contributed by atoms with Crippen molar-refractivity contribution < 1.29 is 9.53 Å². The molecular formula is C34H44ClN3O2. The summed E-state index contributed by atoms with van der Waals surface area (Å²) in [5, 5.41) is 0.732. The van der Waals surface area contributed by atoms with Gasteiger partial charge in [-0.1, -0.05) is 99.8 Å². The SMILES string of the molecule is C=C(C)c1cc(C)cc(OCc2ccccc2Cl)c1.CCCC.CCc1ccccc1N.Cc1ncc(C=O)[nH]1. The molecule has 0 atom stereocenters. The summed E-state index contributed by atoms with van der Waals surface area (Å²) in [5.74, 6) is 1.62. The minimum absolute atomic E-state index is 0.471. The van der Waals surface area contributed by atoms with Crippen molar-refractivity contribution in [1.82, 2.24) is 9.97 Å². The maximum Gasteiger partial charge on any atom is 0.167 e. The lowest BCUT2D eigenvalue weighted by atomic mass is 10.1. The van der Waals surface area contributed by atoms with E-state index >= 15 is 0 Å². The molecule has 0 aliphatic rings. The number of H-pyrrole nitrogens is 1. The van der Waals surface area contributed by atoms with Gasteiger partial charge in [-0.05, 0) is 68.1 Å². The summed E-state index contributed by atoms with van der Waals surface area (Å²) < 4.78 is 5.82. The molecule has 0 aliphatic heterocycles. The minimum Gasteiger partial charge on any atom is -0.489 e. The fourth-order valence-electron chi connectivity index (χ4n) is 3.21. The summed E-state index contributed by atoms with van der Waals surface area (Å²) in [4.78, 5) is 16.5. The van der Waals surface area contributed by atoms with E-state index in [1.54, 1.807) is 6.92 Å². The molecule has 1 aromatic heterocycles. The third-order valence-electron chi connectivity index (χ3n) is 5.68. The van der Waals surface area contributed by atoms with Gasteiger partial charge in [0.1, 0.15) is 18.2 Å². The predicted molar refractivity (Wildman–Crippen MR) is 171 cm³/mol. The summed E-state index contributed by atoms with van der Waals surface area (Å²) in [6.45, 7) is 16.7. The number of rotatable bonds is 7. The minimum atomic E-state index is 0.471. The van der Waals surface area contributed by atoms with Gasteiger partial charge >= 0.3 is 0 Å². The number of imidazole rings is 1. The standard InChI is InChI=1S/C17H17ClO.C8H11N.C5H6N2O.C4H10/c1-12(2)15-8-13(3)9-16(10-15)19-11-14-6-4-5-7-17(14)18;1-2-7-5-3-4-6-8(7)9;1-4-6-2-5(3-8)7-4;1-3-4-2/h4-10H,1,11H2,2-3H3;3-6H,2,9H2,1H3;2-3H,1H3,(H,6,7);3-4H2,1-2H3. The highest BCUT2D eigenvalue weighted by Gasteiger charge is 2.03. The monoisotopic (exact) mass is 561 g/mol. The molecule has 0 amide bonds. The molecule has 4 rings (SSSR count). The Bertz CT molecular complexity index is 1310. The van der Waals surface area contributed by atoms with Crippen molar-refractivity contribution in [2.45, 2.75) is 67.4 Å². The maximum atomic E-state index is 9.95. The quantitative estimate of drug-likeness (QED) is 0.174. The first kappa shape index (κ1) is 34.2. The lowest BCUT2D eigenvalue weighted by Gasteiger charge is -2.10. The number of unbranched alkanes of at least 4 members (excludes halogenated alkanes) is 1. The Morgan fingerprint density at radius 2 is 1.62 bits per heavy atom. The number of hydrogen-bond acceptors (Lipinski definition) is 4. The van der Waals surface area contributed by atoms with Gasteiger partial charge < -0.3 is 15.5 Å². The molecular weight excluding hydrogens is 518 g/mol. The van der Waals surface area contributed by atoms with E-state index in [0.717, 1.165) is 57.3 Å². The lowest BCUT2D eigenvalue weighted by Crippen LogP contribution is -1.97. The van der Waals surface area contributed by atoms with Gasteiger partial charge in [0.25, 0.3) is 0 Å². The van der Waals surface area contributed by atoms with Gasteiger partial charge in [-0.2, -0.15) is 0 Å². The number of carbonyl (C=O) groups is 1. The van der Waals surface area contributed by atoms with Gasteiger partial charge in [-0.3, -0.25) is 4.79 Å². The van der Waals surface area contributed by atoms with Crippen LogP contribution in [-0.2, 0) is 13.0 Å². The number of carbonyl (C=O) groups excluding carboxylic acids is 1. The zero-order valence-corrected chi connectivity index (χ0v) is 25.5. The molecule has 3 aromatic carbocycles. The molecule has 0 unspecified atom stereocenters. The molecule has 0 bridgehead atoms. The van der Waals surface area contributed by atoms with E-state index < -0.39 is 0 Å². The number of anilines is 1. The molecule has 4 aromatic rings. The number of nitrogens with zero attached hydrogens (tertiary/aromatic N) is 1. The van der Waals surface area contributed by atoms with Gasteiger partial charge in [0, 0.05) is 16.3 Å². The third-order valence-corrected chi connectivity index (χ3v) is 6.05. The number of aldehydes is 1. The summed E-state index contributed by atoms with van der Waals surface area (Å²) in [6.07, 6.45) is 5.90. The van der Waals surface area contributed by atoms with Crippen molar-refractivity contribution in [1.29, 1.82) is 0 Å². The second-order valence-corrected chi connectivity index (χ2v) is 9.70. The number of aryl methyl sites for hydroxylation is 3. The zero-order valence-electron chi connectivity index (χ0n) is 24.8. The first-order valence-electron chi connectivity index (χ1n) is 13.6. The average Bonchev–Trinajstić information content (AvgIpc) is 3.38. The van der Waals surface area contributed by atoms with Gasteiger partial charge in [0.05, 0.1) is 11.9 Å². The topological polar surface area (TPSA) is 81.0 Å². The number of allylic oxidation sites excluding steroid dienone is 1. The van der Waals surface area contributed by atoms with Crippen molar-refractivity contribution >= 4 is 29.1 Å². The number of hydrogen-bond donors (Lipinski definition) is 2. The van der Waals surface area contributed by atoms with Crippen molar-refractivity contribution in [3.8, 4) is 5.75 Å². The number of para-hydroxylation sites is 1. The molecule has 5 nitrogen and oxygen atoms in total. The molecule has 0 saturated heterocycles. The first-order valence-corrected chi connectivity index (χ1v) is 14.0. The van der Waals surface area contributed by atoms with Crippen LogP contribution in [0, 0.1) is 13.8 Å². The van der Waals surface area contributed by atoms with E-state index in [-0.39, 0.29) is 0 Å². The van der Waals surface area contributed by atoms with Gasteiger partial charge in [-0.15, -0.1) is 0 Å². The third kappa shape index (κ3) is 13.3. The van der Waals surface area contributed by atoms with Crippen molar-refractivity contribution in [2.75, 3.05) is 5.73 Å². The van der Waals surface area contributed by atoms with E-state index in [2.05, 4.69) is 56.4 Å². The van der Waals surface area contributed by atoms with E-state index in [0.29, 0.717) is 12.3 Å². The summed E-state index contributed by atoms with van der Waals surface area (Å²) in [7, 11) is 0. The molecule has 3 N–H and O–H groups in total. The molecule has 1 heterocycles. The van der Waals surface area contributed by atoms with Crippen LogP contribution in [0.5, 0.6) is 5.75 Å². The molecule has 40 heavy (non-hydrogen) atoms. The Hall–Kier alpha value is -3.83. The number of nitrogens with one attached hydrogen (secondary N) is 1. The number of ether oxygens (including phenoxy) is 1. The number of nitrogen functional groups attached to an aromatic ring is 1. The molecule has 0 spiro atoms. The smallest absolute Gasteiger partial charge is 0.167 e. The Morgan fingerprint density at radius 1 is 1.00 bits per heavy atom. The fraction of sp³-hybridized carbons (Fsp3) is 0.294. The highest BCUT2D eigenvalue weighted by Crippen LogP contribution is 2.23. The molecule has 6 heteroatoms. The number of benzene rings is 3. The molecule has 0 fully saturated rings. The van der Waals surface area contributed by atoms with Gasteiger partial charge in [0.15, 0.2) is 6.29 Å². The normalized spacial score (nSPS) is 9.57. The molecule has 0 radical (unpaired) electrons. The highest BCUT2D eigenvalue weighted by molar-refractivity contribution is 6.31. The largest absolute Gasteiger partial charge is 0.489 e. The summed E-state index contributed by atoms with van der Waals surface area (Å²) >= 11 is 6.11. The van der Waals surface area contributed by atoms with Crippen LogP contribution in [-0.4, -0.2) is 16.3 Å². The van der Waals surface area contributed by atoms with Gasteiger partial charge in [0.2, 0.25) is 0 Å². The highest BCUT2D eigenvalue weighted by atomic mass is 35.5. The number of aromatic nitrogens is 2. The van der Waals surface area contributed by atoms with Crippen LogP contribution in [0.15, 0.2) is 79.5 Å². The van der Waals surface area contributed by atoms with E-state index in [1.165, 1.54) is 24.6 Å². The van der Waals surface area contributed by atoms with Crippen LogP contribution in [0.2, 0.25) is 5.02 Å². The molecule has 0 aliphatic carbocycles. The second-order valence-electron chi connectivity index (χ2n) is 9.29. The van der Waals surface area contributed by atoms with Crippen molar-refractivity contribution in [2.24, 2.45) is 0 Å². The Morgan fingerprint density at radius 3 is 2.08 bits per heavy atom. The number of halogens is 1. The lowest BCUT2D eigenvalue weighted by molar-refractivity contribution is 0.111. The van der Waals surface area contributed by atoms with Gasteiger partial charge in [-0.25, -0.2) is 4.98 Å². The fourth-order valence-corrected chi connectivity index (χ4v) is 3.40.